The van der Waals surface area contributed by atoms with Crippen molar-refractivity contribution in [3.05, 3.63) is 60.7 Å². The summed E-state index contributed by atoms with van der Waals surface area (Å²) in [5, 5.41) is 0. The standard InChI is InChI=1S/2C7H5ClF2O/c2*8-7(9,10)11-6-4-2-1-3-5-6/h2*1-5H. The van der Waals surface area contributed by atoms with Crippen molar-refractivity contribution < 1.29 is 27.0 Å². The molecule has 0 aliphatic carbocycles. The first kappa shape index (κ1) is 18.4. The monoisotopic (exact) mass is 356 g/mol. The zero-order valence-electron chi connectivity index (χ0n) is 10.9. The second-order valence-corrected chi connectivity index (χ2v) is 4.60. The Labute approximate surface area is 134 Å². The first-order valence-electron chi connectivity index (χ1n) is 5.77. The minimum absolute atomic E-state index is 0.0486. The van der Waals surface area contributed by atoms with E-state index in [0.29, 0.717) is 0 Å². The molecular weight excluding hydrogens is 347 g/mol. The summed E-state index contributed by atoms with van der Waals surface area (Å²) < 4.78 is 55.9. The summed E-state index contributed by atoms with van der Waals surface area (Å²) in [6.07, 6.45) is 0. The molecule has 0 N–H and O–H groups in total. The number of para-hydroxylation sites is 2. The second kappa shape index (κ2) is 8.10. The van der Waals surface area contributed by atoms with Gasteiger partial charge in [0.1, 0.15) is 11.5 Å². The molecule has 0 aliphatic heterocycles. The molecule has 0 spiro atoms. The largest absolute Gasteiger partial charge is 0.487 e. The van der Waals surface area contributed by atoms with Crippen molar-refractivity contribution >= 4 is 23.2 Å². The zero-order chi connectivity index (χ0) is 16.6. The zero-order valence-corrected chi connectivity index (χ0v) is 12.4. The van der Waals surface area contributed by atoms with Gasteiger partial charge in [-0.2, -0.15) is 0 Å². The van der Waals surface area contributed by atoms with Crippen LogP contribution in [0.2, 0.25) is 0 Å². The van der Waals surface area contributed by atoms with Crippen LogP contribution in [-0.2, 0) is 0 Å². The SMILES string of the molecule is FC(F)(Cl)Oc1ccccc1.FC(F)(Cl)Oc1ccccc1. The number of alkyl halides is 6. The molecule has 0 aliphatic rings. The average Bonchev–Trinajstić information content (AvgIpc) is 2.38. The summed E-state index contributed by atoms with van der Waals surface area (Å²) in [6.45, 7) is 0. The molecule has 0 saturated heterocycles. The lowest BCUT2D eigenvalue weighted by molar-refractivity contribution is -0.0972. The summed E-state index contributed by atoms with van der Waals surface area (Å²) in [6, 6.07) is 15.3. The van der Waals surface area contributed by atoms with Gasteiger partial charge < -0.3 is 9.47 Å². The van der Waals surface area contributed by atoms with Gasteiger partial charge in [0.15, 0.2) is 0 Å². The van der Waals surface area contributed by atoms with Gasteiger partial charge in [-0.1, -0.05) is 36.4 Å². The molecule has 0 aromatic heterocycles. The van der Waals surface area contributed by atoms with E-state index in [-0.39, 0.29) is 11.5 Å². The van der Waals surface area contributed by atoms with E-state index in [9.17, 15) is 17.6 Å². The lowest BCUT2D eigenvalue weighted by Gasteiger charge is -2.09. The first-order chi connectivity index (χ1) is 10.2. The van der Waals surface area contributed by atoms with Crippen molar-refractivity contribution in [3.8, 4) is 11.5 Å². The maximum atomic E-state index is 12.0. The molecule has 2 aromatic rings. The molecule has 2 aromatic carbocycles. The van der Waals surface area contributed by atoms with Gasteiger partial charge in [-0.15, -0.1) is 17.6 Å². The van der Waals surface area contributed by atoms with Gasteiger partial charge in [0.25, 0.3) is 0 Å². The third-order valence-electron chi connectivity index (χ3n) is 1.95. The van der Waals surface area contributed by atoms with Crippen LogP contribution >= 0.6 is 23.2 Å². The maximum absolute atomic E-state index is 12.0. The van der Waals surface area contributed by atoms with E-state index in [4.69, 9.17) is 0 Å². The summed E-state index contributed by atoms with van der Waals surface area (Å²) in [5.41, 5.74) is -7.25. The minimum atomic E-state index is -3.62. The third kappa shape index (κ3) is 9.31. The summed E-state index contributed by atoms with van der Waals surface area (Å²) >= 11 is 9.02. The molecular formula is C14H10Cl2F4O2. The van der Waals surface area contributed by atoms with E-state index in [0.717, 1.165) is 0 Å². The number of hydrogen-bond acceptors (Lipinski definition) is 2. The van der Waals surface area contributed by atoms with E-state index in [2.05, 4.69) is 32.7 Å². The van der Waals surface area contributed by atoms with E-state index in [1.165, 1.54) is 24.3 Å². The lowest BCUT2D eigenvalue weighted by Crippen LogP contribution is -2.15. The molecule has 22 heavy (non-hydrogen) atoms. The van der Waals surface area contributed by atoms with Crippen LogP contribution < -0.4 is 9.47 Å². The van der Waals surface area contributed by atoms with Gasteiger partial charge in [0.2, 0.25) is 0 Å². The van der Waals surface area contributed by atoms with Crippen molar-refractivity contribution in [1.82, 2.24) is 0 Å². The third-order valence-corrected chi connectivity index (χ3v) is 2.11. The molecule has 0 unspecified atom stereocenters. The van der Waals surface area contributed by atoms with Crippen molar-refractivity contribution in [2.45, 2.75) is 11.1 Å². The van der Waals surface area contributed by atoms with Crippen LogP contribution in [0.3, 0.4) is 0 Å². The molecule has 0 heterocycles. The quantitative estimate of drug-likeness (QED) is 0.516. The van der Waals surface area contributed by atoms with Crippen LogP contribution in [0.5, 0.6) is 11.5 Å². The lowest BCUT2D eigenvalue weighted by atomic mass is 10.3. The molecule has 2 rings (SSSR count). The fourth-order valence-electron chi connectivity index (χ4n) is 1.24. The molecule has 120 valence electrons. The molecule has 0 atom stereocenters. The molecule has 0 fully saturated rings. The van der Waals surface area contributed by atoms with Gasteiger partial charge in [-0.3, -0.25) is 0 Å². The summed E-state index contributed by atoms with van der Waals surface area (Å²) in [7, 11) is 0. The van der Waals surface area contributed by atoms with Crippen LogP contribution in [0.15, 0.2) is 60.7 Å². The Hall–Kier alpha value is -1.66. The average molecular weight is 357 g/mol. The predicted molar refractivity (Wildman–Crippen MR) is 75.7 cm³/mol. The van der Waals surface area contributed by atoms with E-state index >= 15 is 0 Å². The van der Waals surface area contributed by atoms with Crippen molar-refractivity contribution in [1.29, 1.82) is 0 Å². The normalized spacial score (nSPS) is 11.2. The van der Waals surface area contributed by atoms with Crippen molar-refractivity contribution in [2.75, 3.05) is 0 Å². The Balaban J connectivity index is 0.000000220. The molecule has 0 amide bonds. The number of hydrogen-bond donors (Lipinski definition) is 0. The van der Waals surface area contributed by atoms with E-state index in [1.54, 1.807) is 36.4 Å². The fourth-order valence-corrected chi connectivity index (χ4v) is 1.42. The molecule has 0 radical (unpaired) electrons. The minimum Gasteiger partial charge on any atom is -0.420 e. The summed E-state index contributed by atoms with van der Waals surface area (Å²) in [4.78, 5) is 0. The molecule has 0 saturated carbocycles. The number of ether oxygens (including phenoxy) is 2. The van der Waals surface area contributed by atoms with Crippen LogP contribution in [0.1, 0.15) is 0 Å². The predicted octanol–water partition coefficient (Wildman–Crippen LogP) is 5.71. The Morgan fingerprint density at radius 3 is 1.09 bits per heavy atom. The van der Waals surface area contributed by atoms with Gasteiger partial charge in [-0.25, -0.2) is 0 Å². The van der Waals surface area contributed by atoms with E-state index < -0.39 is 11.1 Å². The van der Waals surface area contributed by atoms with Gasteiger partial charge in [-0.05, 0) is 24.3 Å². The smallest absolute Gasteiger partial charge is 0.420 e. The van der Waals surface area contributed by atoms with Crippen LogP contribution in [-0.4, -0.2) is 11.1 Å². The Kier molecular flexibility index (Phi) is 6.77. The topological polar surface area (TPSA) is 18.5 Å². The van der Waals surface area contributed by atoms with Crippen LogP contribution in [0.25, 0.3) is 0 Å². The van der Waals surface area contributed by atoms with Crippen molar-refractivity contribution in [3.63, 3.8) is 0 Å². The Morgan fingerprint density at radius 1 is 0.591 bits per heavy atom. The van der Waals surface area contributed by atoms with Crippen LogP contribution in [0.4, 0.5) is 17.6 Å². The van der Waals surface area contributed by atoms with Crippen LogP contribution in [0, 0.1) is 0 Å². The summed E-state index contributed by atoms with van der Waals surface area (Å²) in [5.74, 6) is 0.0972. The highest BCUT2D eigenvalue weighted by Crippen LogP contribution is 2.24. The number of benzene rings is 2. The second-order valence-electron chi connectivity index (χ2n) is 3.72. The highest BCUT2D eigenvalue weighted by molar-refractivity contribution is 6.21. The molecule has 2 nitrogen and oxygen atoms in total. The van der Waals surface area contributed by atoms with Gasteiger partial charge >= 0.3 is 11.1 Å². The van der Waals surface area contributed by atoms with Crippen molar-refractivity contribution in [2.24, 2.45) is 0 Å². The first-order valence-corrected chi connectivity index (χ1v) is 6.53. The van der Waals surface area contributed by atoms with Gasteiger partial charge in [0, 0.05) is 23.2 Å². The highest BCUT2D eigenvalue weighted by atomic mass is 35.5. The van der Waals surface area contributed by atoms with E-state index in [1.807, 2.05) is 0 Å². The number of halogens is 6. The van der Waals surface area contributed by atoms with Gasteiger partial charge in [0.05, 0.1) is 0 Å². The maximum Gasteiger partial charge on any atom is 0.487 e. The Morgan fingerprint density at radius 2 is 0.864 bits per heavy atom. The molecule has 0 bridgehead atoms. The fraction of sp³-hybridized carbons (Fsp3) is 0.143. The highest BCUT2D eigenvalue weighted by Gasteiger charge is 2.27. The molecule has 8 heteroatoms. The number of rotatable bonds is 4. The Bertz CT molecular complexity index is 491.